The zero-order chi connectivity index (χ0) is 19.1. The molecule has 2 heterocycles. The highest BCUT2D eigenvalue weighted by Crippen LogP contribution is 2.27. The number of hydrogen-bond acceptors (Lipinski definition) is 6. The first-order chi connectivity index (χ1) is 13.2. The molecular weight excluding hydrogens is 346 g/mol. The molecule has 2 atom stereocenters. The van der Waals surface area contributed by atoms with Crippen molar-refractivity contribution in [1.29, 1.82) is 0 Å². The third-order valence-electron chi connectivity index (χ3n) is 4.89. The third-order valence-corrected chi connectivity index (χ3v) is 4.89. The Bertz CT molecular complexity index is 762. The molecule has 1 amide bonds. The fourth-order valence-corrected chi connectivity index (χ4v) is 3.49. The lowest BCUT2D eigenvalue weighted by atomic mass is 10.1. The van der Waals surface area contributed by atoms with Gasteiger partial charge in [-0.05, 0) is 37.4 Å². The maximum absolute atomic E-state index is 11.0. The number of aliphatic hydroxyl groups is 1. The van der Waals surface area contributed by atoms with Gasteiger partial charge < -0.3 is 5.11 Å². The largest absolute Gasteiger partial charge is 0.395 e. The van der Waals surface area contributed by atoms with Crippen LogP contribution >= 0.6 is 0 Å². The number of aliphatic hydroxyl groups excluding tert-OH is 1. The molecule has 1 aromatic heterocycles. The summed E-state index contributed by atoms with van der Waals surface area (Å²) in [5, 5.41) is 26.4. The molecular formula is C19H25N5O3. The first kappa shape index (κ1) is 19.2. The smallest absolute Gasteiger partial charge is 0.267 e. The number of hydrogen-bond donors (Lipinski definition) is 3. The number of rotatable bonds is 8. The molecule has 1 aliphatic heterocycles. The highest BCUT2D eigenvalue weighted by molar-refractivity contribution is 5.90. The first-order valence-corrected chi connectivity index (χ1v) is 9.12. The van der Waals surface area contributed by atoms with E-state index in [-0.39, 0.29) is 18.7 Å². The summed E-state index contributed by atoms with van der Waals surface area (Å²) in [6.07, 6.45) is 7.32. The lowest BCUT2D eigenvalue weighted by Crippen LogP contribution is -2.33. The molecule has 3 rings (SSSR count). The van der Waals surface area contributed by atoms with Gasteiger partial charge >= 0.3 is 0 Å². The lowest BCUT2D eigenvalue weighted by Gasteiger charge is -2.22. The Morgan fingerprint density at radius 2 is 2.15 bits per heavy atom. The van der Waals surface area contributed by atoms with Crippen molar-refractivity contribution in [3.05, 3.63) is 53.9 Å². The van der Waals surface area contributed by atoms with Gasteiger partial charge in [-0.15, -0.1) is 5.10 Å². The highest BCUT2D eigenvalue weighted by Gasteiger charge is 2.32. The Kier molecular flexibility index (Phi) is 6.69. The van der Waals surface area contributed by atoms with Gasteiger partial charge in [0.1, 0.15) is 5.69 Å². The minimum atomic E-state index is -0.615. The van der Waals surface area contributed by atoms with Gasteiger partial charge in [0.15, 0.2) is 0 Å². The van der Waals surface area contributed by atoms with Crippen molar-refractivity contribution in [3.8, 4) is 0 Å². The lowest BCUT2D eigenvalue weighted by molar-refractivity contribution is -0.124. The van der Waals surface area contributed by atoms with E-state index in [0.717, 1.165) is 32.4 Å². The van der Waals surface area contributed by atoms with Crippen LogP contribution < -0.4 is 5.48 Å². The van der Waals surface area contributed by atoms with Gasteiger partial charge in [0.25, 0.3) is 5.91 Å². The van der Waals surface area contributed by atoms with Crippen molar-refractivity contribution in [1.82, 2.24) is 25.4 Å². The van der Waals surface area contributed by atoms with E-state index in [1.165, 1.54) is 23.2 Å². The fraction of sp³-hybridized carbons (Fsp3) is 0.421. The van der Waals surface area contributed by atoms with Gasteiger partial charge in [0, 0.05) is 18.7 Å². The van der Waals surface area contributed by atoms with Crippen molar-refractivity contribution in [3.63, 3.8) is 0 Å². The van der Waals surface area contributed by atoms with E-state index in [1.54, 1.807) is 10.9 Å². The topological polar surface area (TPSA) is 104 Å². The summed E-state index contributed by atoms with van der Waals surface area (Å²) in [5.74, 6) is -0.615. The number of amides is 1. The van der Waals surface area contributed by atoms with E-state index in [2.05, 4.69) is 39.5 Å². The predicted molar refractivity (Wildman–Crippen MR) is 99.8 cm³/mol. The molecule has 0 radical (unpaired) electrons. The molecule has 1 saturated heterocycles. The number of hydroxylamine groups is 1. The highest BCUT2D eigenvalue weighted by atomic mass is 16.5. The van der Waals surface area contributed by atoms with E-state index in [1.807, 2.05) is 6.07 Å². The molecule has 8 nitrogen and oxygen atoms in total. The van der Waals surface area contributed by atoms with E-state index < -0.39 is 5.91 Å². The van der Waals surface area contributed by atoms with E-state index in [9.17, 15) is 9.90 Å². The maximum atomic E-state index is 11.0. The molecule has 8 heteroatoms. The normalized spacial score (nSPS) is 20.4. The number of nitrogens with one attached hydrogen (secondary N) is 1. The summed E-state index contributed by atoms with van der Waals surface area (Å²) in [6.45, 7) is 1.86. The van der Waals surface area contributed by atoms with Crippen LogP contribution in [0.25, 0.3) is 6.08 Å². The van der Waals surface area contributed by atoms with Gasteiger partial charge in [-0.3, -0.25) is 14.9 Å². The molecule has 144 valence electrons. The molecule has 0 aliphatic carbocycles. The molecule has 1 fully saturated rings. The quantitative estimate of drug-likeness (QED) is 0.364. The third kappa shape index (κ3) is 5.22. The number of likely N-dealkylation sites (tertiary alicyclic amines) is 1. The second-order valence-corrected chi connectivity index (χ2v) is 6.74. The second kappa shape index (κ2) is 9.40. The summed E-state index contributed by atoms with van der Waals surface area (Å²) in [5.41, 5.74) is 3.40. The minimum absolute atomic E-state index is 0.120. The van der Waals surface area contributed by atoms with Crippen LogP contribution in [0.3, 0.4) is 0 Å². The number of nitrogens with zero attached hydrogens (tertiary/aromatic N) is 4. The number of benzene rings is 1. The molecule has 2 aromatic rings. The van der Waals surface area contributed by atoms with Crippen molar-refractivity contribution >= 4 is 12.0 Å². The molecule has 0 unspecified atom stereocenters. The Hall–Kier alpha value is -2.55. The zero-order valence-corrected chi connectivity index (χ0v) is 15.1. The molecule has 1 aromatic carbocycles. The van der Waals surface area contributed by atoms with Gasteiger partial charge in [0.2, 0.25) is 0 Å². The number of aromatic nitrogens is 3. The van der Waals surface area contributed by atoms with Gasteiger partial charge in [-0.25, -0.2) is 10.2 Å². The van der Waals surface area contributed by atoms with E-state index in [4.69, 9.17) is 5.21 Å². The van der Waals surface area contributed by atoms with Crippen LogP contribution in [0.15, 0.2) is 42.6 Å². The van der Waals surface area contributed by atoms with Crippen LogP contribution in [0, 0.1) is 0 Å². The summed E-state index contributed by atoms with van der Waals surface area (Å²) in [6, 6.07) is 10.7. The minimum Gasteiger partial charge on any atom is -0.395 e. The maximum Gasteiger partial charge on any atom is 0.267 e. The molecule has 0 bridgehead atoms. The van der Waals surface area contributed by atoms with Crippen molar-refractivity contribution < 1.29 is 15.1 Å². The fourth-order valence-electron chi connectivity index (χ4n) is 3.49. The summed E-state index contributed by atoms with van der Waals surface area (Å²) in [4.78, 5) is 13.3. The van der Waals surface area contributed by atoms with E-state index in [0.29, 0.717) is 5.69 Å². The molecule has 3 N–H and O–H groups in total. The Morgan fingerprint density at radius 3 is 2.89 bits per heavy atom. The second-order valence-electron chi connectivity index (χ2n) is 6.74. The average Bonchev–Trinajstić information content (AvgIpc) is 3.33. The van der Waals surface area contributed by atoms with Crippen molar-refractivity contribution in [2.75, 3.05) is 19.7 Å². The summed E-state index contributed by atoms with van der Waals surface area (Å²) < 4.78 is 1.79. The Morgan fingerprint density at radius 1 is 1.33 bits per heavy atom. The van der Waals surface area contributed by atoms with Gasteiger partial charge in [0.05, 0.1) is 18.8 Å². The van der Waals surface area contributed by atoms with Crippen LogP contribution in [0.5, 0.6) is 0 Å². The van der Waals surface area contributed by atoms with Crippen molar-refractivity contribution in [2.45, 2.75) is 31.3 Å². The molecule has 1 aliphatic rings. The van der Waals surface area contributed by atoms with Gasteiger partial charge in [-0.1, -0.05) is 35.5 Å². The average molecular weight is 371 g/mol. The van der Waals surface area contributed by atoms with Crippen LogP contribution in [0.2, 0.25) is 0 Å². The van der Waals surface area contributed by atoms with Crippen LogP contribution in [-0.4, -0.2) is 61.9 Å². The van der Waals surface area contributed by atoms with E-state index >= 15 is 0 Å². The van der Waals surface area contributed by atoms with Crippen LogP contribution in [-0.2, 0) is 11.2 Å². The number of carbonyl (C=O) groups is 1. The molecule has 27 heavy (non-hydrogen) atoms. The standard InChI is InChI=1S/C19H25N5O3/c25-14-18-11-17(24-12-16(20-22-24)8-9-19(26)21-27)13-23(18)10-4-7-15-5-2-1-3-6-15/h1-3,5-6,8-9,12,17-18,25,27H,4,7,10-11,13-14H2,(H,21,26)/b9-8+/t17-,18-/m1/s1. The van der Waals surface area contributed by atoms with Crippen LogP contribution in [0.1, 0.15) is 30.1 Å². The van der Waals surface area contributed by atoms with Crippen molar-refractivity contribution in [2.24, 2.45) is 0 Å². The Labute approximate surface area is 158 Å². The monoisotopic (exact) mass is 371 g/mol. The van der Waals surface area contributed by atoms with Crippen LogP contribution in [0.4, 0.5) is 0 Å². The molecule has 0 spiro atoms. The number of aryl methyl sites for hydroxylation is 1. The number of carbonyl (C=O) groups excluding carboxylic acids is 1. The Balaban J connectivity index is 1.55. The summed E-state index contributed by atoms with van der Waals surface area (Å²) >= 11 is 0. The molecule has 0 saturated carbocycles. The predicted octanol–water partition coefficient (Wildman–Crippen LogP) is 1.04. The summed E-state index contributed by atoms with van der Waals surface area (Å²) in [7, 11) is 0. The zero-order valence-electron chi connectivity index (χ0n) is 15.1. The first-order valence-electron chi connectivity index (χ1n) is 9.12. The van der Waals surface area contributed by atoms with Gasteiger partial charge in [-0.2, -0.15) is 0 Å². The SMILES string of the molecule is O=C(/C=C/c1cn([C@@H]2C[C@H](CO)N(CCCc3ccccc3)C2)nn1)NO.